The van der Waals surface area contributed by atoms with E-state index >= 15 is 0 Å². The minimum atomic E-state index is -1.59. The number of carboxylic acids is 1. The number of benzene rings is 1. The van der Waals surface area contributed by atoms with Crippen molar-refractivity contribution in [1.82, 2.24) is 14.5 Å². The van der Waals surface area contributed by atoms with E-state index in [1.807, 2.05) is 0 Å². The van der Waals surface area contributed by atoms with Gasteiger partial charge in [0.15, 0.2) is 5.54 Å². The molecule has 0 spiro atoms. The van der Waals surface area contributed by atoms with Crippen molar-refractivity contribution in [2.45, 2.75) is 25.4 Å². The van der Waals surface area contributed by atoms with Crippen LogP contribution in [0.1, 0.15) is 18.9 Å². The molecular formula is C17H19N3O5. The van der Waals surface area contributed by atoms with Gasteiger partial charge in [0.1, 0.15) is 6.54 Å². The molecule has 25 heavy (non-hydrogen) atoms. The van der Waals surface area contributed by atoms with E-state index < -0.39 is 35.2 Å². The molecular weight excluding hydrogens is 326 g/mol. The molecule has 2 N–H and O–H groups in total. The standard InChI is InChI=1S/C17H19N3O5/c1-3-17(15(23)24,12-7-5-4-6-8-12)18-13(21)11-20-10-9-14(22)19(2)16(20)25/h4-10H,3,11H2,1-2H3,(H,18,21)(H,23,24). The van der Waals surface area contributed by atoms with Gasteiger partial charge in [0.25, 0.3) is 5.56 Å². The van der Waals surface area contributed by atoms with E-state index in [1.165, 1.54) is 13.2 Å². The fraction of sp³-hybridized carbons (Fsp3) is 0.294. The minimum Gasteiger partial charge on any atom is -0.479 e. The van der Waals surface area contributed by atoms with Crippen molar-refractivity contribution in [3.63, 3.8) is 0 Å². The lowest BCUT2D eigenvalue weighted by molar-refractivity contribution is -0.148. The average Bonchev–Trinajstić information content (AvgIpc) is 2.60. The summed E-state index contributed by atoms with van der Waals surface area (Å²) >= 11 is 0. The van der Waals surface area contributed by atoms with E-state index in [0.29, 0.717) is 5.56 Å². The van der Waals surface area contributed by atoms with Crippen LogP contribution < -0.4 is 16.6 Å². The third-order valence-electron chi connectivity index (χ3n) is 4.09. The highest BCUT2D eigenvalue weighted by molar-refractivity contribution is 5.88. The quantitative estimate of drug-likeness (QED) is 0.769. The molecule has 132 valence electrons. The molecule has 2 aromatic rings. The first-order valence-corrected chi connectivity index (χ1v) is 7.68. The maximum Gasteiger partial charge on any atom is 0.334 e. The molecule has 0 fully saturated rings. The Balaban J connectivity index is 2.33. The van der Waals surface area contributed by atoms with Crippen molar-refractivity contribution < 1.29 is 14.7 Å². The first kappa shape index (κ1) is 18.2. The lowest BCUT2D eigenvalue weighted by Gasteiger charge is -2.30. The molecule has 0 aliphatic carbocycles. The number of carbonyl (C=O) groups is 2. The van der Waals surface area contributed by atoms with Crippen LogP contribution in [0.2, 0.25) is 0 Å². The van der Waals surface area contributed by atoms with Gasteiger partial charge in [0.2, 0.25) is 5.91 Å². The molecule has 0 saturated heterocycles. The first-order chi connectivity index (χ1) is 11.8. The fourth-order valence-corrected chi connectivity index (χ4v) is 2.58. The van der Waals surface area contributed by atoms with E-state index in [4.69, 9.17) is 0 Å². The fourth-order valence-electron chi connectivity index (χ4n) is 2.58. The molecule has 0 radical (unpaired) electrons. The van der Waals surface area contributed by atoms with E-state index in [1.54, 1.807) is 37.3 Å². The van der Waals surface area contributed by atoms with Crippen LogP contribution in [0, 0.1) is 0 Å². The molecule has 1 aromatic heterocycles. The summed E-state index contributed by atoms with van der Waals surface area (Å²) in [5.74, 6) is -1.84. The van der Waals surface area contributed by atoms with Gasteiger partial charge in [-0.15, -0.1) is 0 Å². The maximum absolute atomic E-state index is 12.4. The highest BCUT2D eigenvalue weighted by atomic mass is 16.4. The van der Waals surface area contributed by atoms with E-state index in [2.05, 4.69) is 5.32 Å². The van der Waals surface area contributed by atoms with Crippen molar-refractivity contribution >= 4 is 11.9 Å². The summed E-state index contributed by atoms with van der Waals surface area (Å²) in [5.41, 5.74) is -2.30. The monoisotopic (exact) mass is 345 g/mol. The first-order valence-electron chi connectivity index (χ1n) is 7.68. The second-order valence-corrected chi connectivity index (χ2v) is 5.60. The van der Waals surface area contributed by atoms with E-state index in [9.17, 15) is 24.3 Å². The molecule has 0 saturated carbocycles. The Hall–Kier alpha value is -3.16. The topological polar surface area (TPSA) is 110 Å². The number of aliphatic carboxylic acids is 1. The van der Waals surface area contributed by atoms with Crippen LogP contribution in [0.5, 0.6) is 0 Å². The normalized spacial score (nSPS) is 13.0. The van der Waals surface area contributed by atoms with Gasteiger partial charge < -0.3 is 10.4 Å². The van der Waals surface area contributed by atoms with E-state index in [-0.39, 0.29) is 6.42 Å². The molecule has 1 aromatic carbocycles. The number of hydrogen-bond donors (Lipinski definition) is 2. The number of hydrogen-bond acceptors (Lipinski definition) is 4. The molecule has 8 nitrogen and oxygen atoms in total. The number of carboxylic acid groups (broad SMARTS) is 1. The van der Waals surface area contributed by atoms with Crippen molar-refractivity contribution in [1.29, 1.82) is 0 Å². The zero-order valence-electron chi connectivity index (χ0n) is 13.9. The van der Waals surface area contributed by atoms with Crippen LogP contribution in [0.25, 0.3) is 0 Å². The highest BCUT2D eigenvalue weighted by Gasteiger charge is 2.40. The Morgan fingerprint density at radius 2 is 1.80 bits per heavy atom. The van der Waals surface area contributed by atoms with Crippen molar-refractivity contribution in [3.8, 4) is 0 Å². The zero-order valence-corrected chi connectivity index (χ0v) is 13.9. The van der Waals surface area contributed by atoms with Crippen molar-refractivity contribution in [2.75, 3.05) is 0 Å². The third-order valence-corrected chi connectivity index (χ3v) is 4.09. The summed E-state index contributed by atoms with van der Waals surface area (Å²) in [5, 5.41) is 12.2. The molecule has 1 unspecified atom stereocenters. The van der Waals surface area contributed by atoms with Gasteiger partial charge >= 0.3 is 11.7 Å². The van der Waals surface area contributed by atoms with Crippen LogP contribution >= 0.6 is 0 Å². The molecule has 2 rings (SSSR count). The lowest BCUT2D eigenvalue weighted by Crippen LogP contribution is -2.53. The van der Waals surface area contributed by atoms with Gasteiger partial charge in [-0.2, -0.15) is 0 Å². The number of rotatable bonds is 6. The molecule has 0 aliphatic heterocycles. The van der Waals surface area contributed by atoms with Gasteiger partial charge in [-0.3, -0.25) is 18.7 Å². The van der Waals surface area contributed by atoms with Gasteiger partial charge in [-0.25, -0.2) is 9.59 Å². The zero-order chi connectivity index (χ0) is 18.6. The van der Waals surface area contributed by atoms with Crippen molar-refractivity contribution in [2.24, 2.45) is 7.05 Å². The summed E-state index contributed by atoms with van der Waals surface area (Å²) < 4.78 is 1.92. The summed E-state index contributed by atoms with van der Waals surface area (Å²) in [4.78, 5) is 47.7. The predicted molar refractivity (Wildman–Crippen MR) is 90.1 cm³/mol. The minimum absolute atomic E-state index is 0.125. The third kappa shape index (κ3) is 3.52. The molecule has 0 aliphatic rings. The number of amides is 1. The van der Waals surface area contributed by atoms with Crippen LogP contribution in [-0.2, 0) is 28.7 Å². The summed E-state index contributed by atoms with van der Waals surface area (Å²) in [7, 11) is 1.30. The Kier molecular flexibility index (Phi) is 5.21. The number of aromatic nitrogens is 2. The second-order valence-electron chi connectivity index (χ2n) is 5.60. The highest BCUT2D eigenvalue weighted by Crippen LogP contribution is 2.25. The van der Waals surface area contributed by atoms with Crippen LogP contribution in [0.4, 0.5) is 0 Å². The average molecular weight is 345 g/mol. The van der Waals surface area contributed by atoms with Gasteiger partial charge in [0.05, 0.1) is 0 Å². The second kappa shape index (κ2) is 7.16. The number of nitrogens with one attached hydrogen (secondary N) is 1. The summed E-state index contributed by atoms with van der Waals surface area (Å²) in [6.45, 7) is 1.26. The van der Waals surface area contributed by atoms with Gasteiger partial charge in [-0.1, -0.05) is 37.3 Å². The molecule has 1 atom stereocenters. The SMILES string of the molecule is CCC(NC(=O)Cn1ccc(=O)n(C)c1=O)(C(=O)O)c1ccccc1. The Morgan fingerprint density at radius 3 is 2.36 bits per heavy atom. The Labute approximate surface area is 143 Å². The maximum atomic E-state index is 12.4. The summed E-state index contributed by atoms with van der Waals surface area (Å²) in [6.07, 6.45) is 1.33. The lowest BCUT2D eigenvalue weighted by atomic mass is 9.87. The van der Waals surface area contributed by atoms with Crippen LogP contribution in [0.15, 0.2) is 52.2 Å². The smallest absolute Gasteiger partial charge is 0.334 e. The summed E-state index contributed by atoms with van der Waals surface area (Å²) in [6, 6.07) is 9.53. The van der Waals surface area contributed by atoms with Crippen LogP contribution in [-0.4, -0.2) is 26.1 Å². The van der Waals surface area contributed by atoms with Crippen molar-refractivity contribution in [3.05, 3.63) is 69.0 Å². The van der Waals surface area contributed by atoms with Crippen LogP contribution in [0.3, 0.4) is 0 Å². The molecule has 8 heteroatoms. The van der Waals surface area contributed by atoms with Gasteiger partial charge in [0, 0.05) is 19.3 Å². The molecule has 1 amide bonds. The Morgan fingerprint density at radius 1 is 1.16 bits per heavy atom. The number of nitrogens with zero attached hydrogens (tertiary/aromatic N) is 2. The number of carbonyl (C=O) groups excluding carboxylic acids is 1. The van der Waals surface area contributed by atoms with Gasteiger partial charge in [-0.05, 0) is 12.0 Å². The predicted octanol–water partition coefficient (Wildman–Crippen LogP) is 0.0533. The Bertz CT molecular complexity index is 900. The largest absolute Gasteiger partial charge is 0.479 e. The molecule has 1 heterocycles. The van der Waals surface area contributed by atoms with E-state index in [0.717, 1.165) is 15.2 Å². The molecule has 0 bridgehead atoms.